The summed E-state index contributed by atoms with van der Waals surface area (Å²) in [7, 11) is 0. The second-order valence-corrected chi connectivity index (χ2v) is 8.69. The molecule has 0 bridgehead atoms. The van der Waals surface area contributed by atoms with Crippen molar-refractivity contribution in [2.45, 2.75) is 32.0 Å². The number of halogens is 2. The molecular weight excluding hydrogens is 451 g/mol. The summed E-state index contributed by atoms with van der Waals surface area (Å²) in [6, 6.07) is 14.3. The van der Waals surface area contributed by atoms with Crippen LogP contribution >= 0.6 is 23.2 Å². The van der Waals surface area contributed by atoms with Gasteiger partial charge in [-0.05, 0) is 54.8 Å². The van der Waals surface area contributed by atoms with Crippen LogP contribution < -0.4 is 11.2 Å². The Hall–Kier alpha value is -2.87. The van der Waals surface area contributed by atoms with E-state index >= 15 is 0 Å². The molecule has 1 fully saturated rings. The minimum absolute atomic E-state index is 0.166. The second kappa shape index (κ2) is 8.58. The Morgan fingerprint density at radius 2 is 1.88 bits per heavy atom. The standard InChI is InChI=1S/C23H20Cl2N4O3/c24-16-6-8-18(9-7-16)29-21-20(22(30)28(23(29)31)13-19-5-2-10-32-19)27(14-26-21)12-15-3-1-4-17(25)11-15/h1,3-4,6-9,11,14,19H,2,5,10,12-13H2/t19-/m1/s1. The number of ether oxygens (including phenoxy) is 1. The molecule has 0 saturated carbocycles. The molecule has 9 heteroatoms. The van der Waals surface area contributed by atoms with Crippen molar-refractivity contribution < 1.29 is 4.74 Å². The van der Waals surface area contributed by atoms with Crippen LogP contribution in [0.25, 0.3) is 16.9 Å². The number of rotatable bonds is 5. The fourth-order valence-corrected chi connectivity index (χ4v) is 4.45. The Morgan fingerprint density at radius 1 is 1.06 bits per heavy atom. The molecular formula is C23H20Cl2N4O3. The van der Waals surface area contributed by atoms with E-state index in [1.807, 2.05) is 18.2 Å². The molecule has 1 atom stereocenters. The lowest BCUT2D eigenvalue weighted by Crippen LogP contribution is -2.42. The molecule has 0 amide bonds. The van der Waals surface area contributed by atoms with Crippen molar-refractivity contribution >= 4 is 34.4 Å². The van der Waals surface area contributed by atoms with Gasteiger partial charge in [-0.2, -0.15) is 0 Å². The zero-order valence-electron chi connectivity index (χ0n) is 17.1. The molecule has 2 aromatic carbocycles. The summed E-state index contributed by atoms with van der Waals surface area (Å²) < 4.78 is 10.2. The predicted molar refractivity (Wildman–Crippen MR) is 124 cm³/mol. The Labute approximate surface area is 193 Å². The largest absolute Gasteiger partial charge is 0.376 e. The maximum absolute atomic E-state index is 13.5. The van der Waals surface area contributed by atoms with Gasteiger partial charge in [-0.25, -0.2) is 14.3 Å². The minimum Gasteiger partial charge on any atom is -0.376 e. The number of aromatic nitrogens is 4. The van der Waals surface area contributed by atoms with Crippen LogP contribution in [0.1, 0.15) is 18.4 Å². The number of hydrogen-bond acceptors (Lipinski definition) is 4. The van der Waals surface area contributed by atoms with Gasteiger partial charge in [0.15, 0.2) is 11.2 Å². The van der Waals surface area contributed by atoms with Crippen LogP contribution in [0.4, 0.5) is 0 Å². The van der Waals surface area contributed by atoms with E-state index < -0.39 is 5.69 Å². The molecule has 0 spiro atoms. The van der Waals surface area contributed by atoms with Crippen LogP contribution in [0.15, 0.2) is 64.4 Å². The summed E-state index contributed by atoms with van der Waals surface area (Å²) in [6.45, 7) is 1.23. The van der Waals surface area contributed by atoms with Crippen LogP contribution in [-0.2, 0) is 17.8 Å². The van der Waals surface area contributed by atoms with Crippen LogP contribution in [0.2, 0.25) is 10.0 Å². The van der Waals surface area contributed by atoms with Crippen LogP contribution in [0.5, 0.6) is 0 Å². The van der Waals surface area contributed by atoms with Crippen molar-refractivity contribution in [2.24, 2.45) is 0 Å². The SMILES string of the molecule is O=c1c2c(ncn2Cc2cccc(Cl)c2)n(-c2ccc(Cl)cc2)c(=O)n1C[C@H]1CCCO1. The summed E-state index contributed by atoms with van der Waals surface area (Å²) in [4.78, 5) is 31.4. The summed E-state index contributed by atoms with van der Waals surface area (Å²) in [5.74, 6) is 0. The van der Waals surface area contributed by atoms with Crippen LogP contribution in [0, 0.1) is 0 Å². The summed E-state index contributed by atoms with van der Waals surface area (Å²) in [6.07, 6.45) is 3.14. The average Bonchev–Trinajstić information content (AvgIpc) is 3.43. The quantitative estimate of drug-likeness (QED) is 0.443. The highest BCUT2D eigenvalue weighted by Crippen LogP contribution is 2.19. The first-order valence-corrected chi connectivity index (χ1v) is 11.1. The predicted octanol–water partition coefficient (Wildman–Crippen LogP) is 3.88. The molecule has 164 valence electrons. The van der Waals surface area contributed by atoms with Crippen LogP contribution in [0.3, 0.4) is 0 Å². The Balaban J connectivity index is 1.72. The molecule has 2 aromatic heterocycles. The molecule has 7 nitrogen and oxygen atoms in total. The highest BCUT2D eigenvalue weighted by molar-refractivity contribution is 6.30. The Morgan fingerprint density at radius 3 is 2.59 bits per heavy atom. The lowest BCUT2D eigenvalue weighted by molar-refractivity contribution is 0.0950. The van der Waals surface area contributed by atoms with Crippen molar-refractivity contribution in [2.75, 3.05) is 6.61 Å². The van der Waals surface area contributed by atoms with Gasteiger partial charge < -0.3 is 9.30 Å². The van der Waals surface area contributed by atoms with Gasteiger partial charge in [0.1, 0.15) is 0 Å². The molecule has 1 aliphatic heterocycles. The molecule has 1 saturated heterocycles. The molecule has 4 aromatic rings. The molecule has 0 radical (unpaired) electrons. The molecule has 3 heterocycles. The topological polar surface area (TPSA) is 71.0 Å². The molecule has 32 heavy (non-hydrogen) atoms. The normalized spacial score (nSPS) is 16.1. The fraction of sp³-hybridized carbons (Fsp3) is 0.261. The van der Waals surface area contributed by atoms with Gasteiger partial charge in [-0.15, -0.1) is 0 Å². The fourth-order valence-electron chi connectivity index (χ4n) is 4.11. The van der Waals surface area contributed by atoms with E-state index in [1.165, 1.54) is 9.13 Å². The highest BCUT2D eigenvalue weighted by Gasteiger charge is 2.23. The van der Waals surface area contributed by atoms with Gasteiger partial charge in [0.05, 0.1) is 24.7 Å². The number of fused-ring (bicyclic) bond motifs is 1. The van der Waals surface area contributed by atoms with E-state index in [2.05, 4.69) is 4.98 Å². The third-order valence-electron chi connectivity index (χ3n) is 5.64. The minimum atomic E-state index is -0.451. The van der Waals surface area contributed by atoms with Gasteiger partial charge in [0, 0.05) is 23.2 Å². The highest BCUT2D eigenvalue weighted by atomic mass is 35.5. The maximum Gasteiger partial charge on any atom is 0.337 e. The number of hydrogen-bond donors (Lipinski definition) is 0. The lowest BCUT2D eigenvalue weighted by atomic mass is 10.2. The third kappa shape index (κ3) is 3.88. The molecule has 0 unspecified atom stereocenters. The zero-order chi connectivity index (χ0) is 22.2. The van der Waals surface area contributed by atoms with Crippen LogP contribution in [-0.4, -0.2) is 31.4 Å². The van der Waals surface area contributed by atoms with E-state index in [4.69, 9.17) is 27.9 Å². The van der Waals surface area contributed by atoms with E-state index in [1.54, 1.807) is 41.2 Å². The van der Waals surface area contributed by atoms with Gasteiger partial charge in [-0.1, -0.05) is 35.3 Å². The lowest BCUT2D eigenvalue weighted by Gasteiger charge is -2.15. The molecule has 0 aliphatic carbocycles. The first-order chi connectivity index (χ1) is 15.5. The number of imidazole rings is 1. The molecule has 1 aliphatic rings. The first kappa shape index (κ1) is 21.0. The average molecular weight is 471 g/mol. The summed E-state index contributed by atoms with van der Waals surface area (Å²) in [5, 5.41) is 1.16. The second-order valence-electron chi connectivity index (χ2n) is 7.82. The maximum atomic E-state index is 13.5. The smallest absolute Gasteiger partial charge is 0.337 e. The third-order valence-corrected chi connectivity index (χ3v) is 6.12. The van der Waals surface area contributed by atoms with Crippen molar-refractivity contribution in [1.29, 1.82) is 0 Å². The van der Waals surface area contributed by atoms with E-state index in [9.17, 15) is 9.59 Å². The molecule has 0 N–H and O–H groups in total. The van der Waals surface area contributed by atoms with Crippen molar-refractivity contribution in [3.8, 4) is 5.69 Å². The monoisotopic (exact) mass is 470 g/mol. The molecule has 5 rings (SSSR count). The summed E-state index contributed by atoms with van der Waals surface area (Å²) >= 11 is 12.2. The van der Waals surface area contributed by atoms with Crippen molar-refractivity contribution in [1.82, 2.24) is 18.7 Å². The Bertz CT molecular complexity index is 1400. The van der Waals surface area contributed by atoms with E-state index in [0.29, 0.717) is 40.0 Å². The zero-order valence-corrected chi connectivity index (χ0v) is 18.6. The van der Waals surface area contributed by atoms with Crippen molar-refractivity contribution in [3.63, 3.8) is 0 Å². The Kier molecular flexibility index (Phi) is 5.63. The van der Waals surface area contributed by atoms with E-state index in [0.717, 1.165) is 18.4 Å². The van der Waals surface area contributed by atoms with Crippen molar-refractivity contribution in [3.05, 3.63) is 91.3 Å². The van der Waals surface area contributed by atoms with Gasteiger partial charge in [-0.3, -0.25) is 9.36 Å². The summed E-state index contributed by atoms with van der Waals surface area (Å²) in [5.41, 5.74) is 1.31. The van der Waals surface area contributed by atoms with Gasteiger partial charge in [0.2, 0.25) is 0 Å². The van der Waals surface area contributed by atoms with Gasteiger partial charge in [0.25, 0.3) is 5.56 Å². The van der Waals surface area contributed by atoms with Gasteiger partial charge >= 0.3 is 5.69 Å². The first-order valence-electron chi connectivity index (χ1n) is 10.3. The number of nitrogens with zero attached hydrogens (tertiary/aromatic N) is 4. The number of benzene rings is 2. The van der Waals surface area contributed by atoms with E-state index in [-0.39, 0.29) is 18.2 Å².